The highest BCUT2D eigenvalue weighted by molar-refractivity contribution is 6.04. The molecule has 0 aliphatic heterocycles. The summed E-state index contributed by atoms with van der Waals surface area (Å²) in [5.74, 6) is 0.269. The number of hydrogen-bond acceptors (Lipinski definition) is 4. The molecule has 3 aromatic rings. The van der Waals surface area contributed by atoms with E-state index in [1.54, 1.807) is 0 Å². The van der Waals surface area contributed by atoms with Crippen molar-refractivity contribution in [3.63, 3.8) is 0 Å². The zero-order valence-electron chi connectivity index (χ0n) is 15.2. The van der Waals surface area contributed by atoms with E-state index >= 15 is 0 Å². The van der Waals surface area contributed by atoms with Gasteiger partial charge in [0.05, 0.1) is 11.6 Å². The van der Waals surface area contributed by atoms with Crippen LogP contribution in [-0.4, -0.2) is 15.9 Å². The molecule has 2 aromatic carbocycles. The highest BCUT2D eigenvalue weighted by Gasteiger charge is 2.11. The zero-order chi connectivity index (χ0) is 18.5. The molecular weight excluding hydrogens is 324 g/mol. The minimum atomic E-state index is -0.221. The van der Waals surface area contributed by atoms with Crippen molar-refractivity contribution >= 4 is 17.5 Å². The number of benzene rings is 2. The normalized spacial score (nSPS) is 11.7. The molecule has 2 N–H and O–H groups in total. The number of aryl methyl sites for hydroxylation is 1. The van der Waals surface area contributed by atoms with Gasteiger partial charge in [-0.1, -0.05) is 42.5 Å². The van der Waals surface area contributed by atoms with Gasteiger partial charge in [-0.15, -0.1) is 0 Å². The fourth-order valence-corrected chi connectivity index (χ4v) is 2.62. The number of hydrogen-bond donors (Lipinski definition) is 2. The predicted octanol–water partition coefficient (Wildman–Crippen LogP) is 4.52. The molecule has 1 heterocycles. The summed E-state index contributed by atoms with van der Waals surface area (Å²) >= 11 is 0. The Kier molecular flexibility index (Phi) is 5.27. The standard InChI is InChI=1S/C21H22N4O/c1-14-8-7-11-19(15(14)2)25-20(26)18-12-22-21(23-13-18)24-16(3)17-9-5-4-6-10-17/h4-13,16H,1-3H3,(H,25,26)(H,22,23,24). The second-order valence-electron chi connectivity index (χ2n) is 6.27. The van der Waals surface area contributed by atoms with Crippen molar-refractivity contribution in [3.8, 4) is 0 Å². The van der Waals surface area contributed by atoms with Gasteiger partial charge in [0.1, 0.15) is 0 Å². The van der Waals surface area contributed by atoms with Crippen LogP contribution in [0.25, 0.3) is 0 Å². The Morgan fingerprint density at radius 2 is 1.65 bits per heavy atom. The van der Waals surface area contributed by atoms with Crippen molar-refractivity contribution in [3.05, 3.63) is 83.2 Å². The highest BCUT2D eigenvalue weighted by atomic mass is 16.1. The molecular formula is C21H22N4O. The maximum absolute atomic E-state index is 12.4. The smallest absolute Gasteiger partial charge is 0.258 e. The topological polar surface area (TPSA) is 66.9 Å². The first-order chi connectivity index (χ1) is 12.5. The quantitative estimate of drug-likeness (QED) is 0.713. The minimum absolute atomic E-state index is 0.0748. The number of carbonyl (C=O) groups excluding carboxylic acids is 1. The second-order valence-corrected chi connectivity index (χ2v) is 6.27. The monoisotopic (exact) mass is 346 g/mol. The summed E-state index contributed by atoms with van der Waals surface area (Å²) in [6, 6.07) is 16.0. The van der Waals surface area contributed by atoms with Crippen LogP contribution >= 0.6 is 0 Å². The largest absolute Gasteiger partial charge is 0.348 e. The Morgan fingerprint density at radius 1 is 0.962 bits per heavy atom. The lowest BCUT2D eigenvalue weighted by atomic mass is 10.1. The number of carbonyl (C=O) groups is 1. The van der Waals surface area contributed by atoms with E-state index in [1.807, 2.05) is 69.3 Å². The number of anilines is 2. The Bertz CT molecular complexity index is 892. The van der Waals surface area contributed by atoms with E-state index in [-0.39, 0.29) is 11.9 Å². The molecule has 26 heavy (non-hydrogen) atoms. The van der Waals surface area contributed by atoms with Gasteiger partial charge < -0.3 is 10.6 Å². The summed E-state index contributed by atoms with van der Waals surface area (Å²) in [6.45, 7) is 6.04. The van der Waals surface area contributed by atoms with Crippen molar-refractivity contribution in [2.75, 3.05) is 10.6 Å². The van der Waals surface area contributed by atoms with Crippen molar-refractivity contribution in [1.82, 2.24) is 9.97 Å². The fraction of sp³-hybridized carbons (Fsp3) is 0.190. The molecule has 1 unspecified atom stereocenters. The van der Waals surface area contributed by atoms with Crippen LogP contribution in [0.15, 0.2) is 60.9 Å². The van der Waals surface area contributed by atoms with Crippen LogP contribution in [-0.2, 0) is 0 Å². The molecule has 1 aromatic heterocycles. The first-order valence-electron chi connectivity index (χ1n) is 8.55. The van der Waals surface area contributed by atoms with E-state index in [4.69, 9.17) is 0 Å². The van der Waals surface area contributed by atoms with E-state index in [0.717, 1.165) is 22.4 Å². The third kappa shape index (κ3) is 4.06. The average Bonchev–Trinajstić information content (AvgIpc) is 2.66. The molecule has 1 atom stereocenters. The van der Waals surface area contributed by atoms with Gasteiger partial charge >= 0.3 is 0 Å². The number of aromatic nitrogens is 2. The number of amides is 1. The number of nitrogens with zero attached hydrogens (tertiary/aromatic N) is 2. The summed E-state index contributed by atoms with van der Waals surface area (Å²) in [4.78, 5) is 20.9. The van der Waals surface area contributed by atoms with E-state index < -0.39 is 0 Å². The molecule has 132 valence electrons. The second kappa shape index (κ2) is 7.78. The third-order valence-corrected chi connectivity index (χ3v) is 4.41. The Hall–Kier alpha value is -3.21. The molecule has 0 saturated carbocycles. The van der Waals surface area contributed by atoms with Crippen LogP contribution in [0, 0.1) is 13.8 Å². The lowest BCUT2D eigenvalue weighted by Crippen LogP contribution is -2.15. The predicted molar refractivity (Wildman–Crippen MR) is 104 cm³/mol. The summed E-state index contributed by atoms with van der Waals surface area (Å²) in [5.41, 5.74) is 4.55. The van der Waals surface area contributed by atoms with Crippen LogP contribution in [0.4, 0.5) is 11.6 Å². The summed E-state index contributed by atoms with van der Waals surface area (Å²) in [5, 5.41) is 6.15. The van der Waals surface area contributed by atoms with E-state index in [0.29, 0.717) is 11.5 Å². The molecule has 0 radical (unpaired) electrons. The number of rotatable bonds is 5. The van der Waals surface area contributed by atoms with E-state index in [2.05, 4.69) is 20.6 Å². The third-order valence-electron chi connectivity index (χ3n) is 4.41. The van der Waals surface area contributed by atoms with Crippen molar-refractivity contribution < 1.29 is 4.79 Å². The summed E-state index contributed by atoms with van der Waals surface area (Å²) < 4.78 is 0. The molecule has 3 rings (SSSR count). The lowest BCUT2D eigenvalue weighted by Gasteiger charge is -2.14. The molecule has 0 bridgehead atoms. The maximum Gasteiger partial charge on any atom is 0.258 e. The summed E-state index contributed by atoms with van der Waals surface area (Å²) in [6.07, 6.45) is 3.07. The lowest BCUT2D eigenvalue weighted by molar-refractivity contribution is 0.102. The SMILES string of the molecule is Cc1cccc(NC(=O)c2cnc(NC(C)c3ccccc3)nc2)c1C. The maximum atomic E-state index is 12.4. The number of nitrogens with one attached hydrogen (secondary N) is 2. The van der Waals surface area contributed by atoms with Crippen LogP contribution < -0.4 is 10.6 Å². The molecule has 5 heteroatoms. The van der Waals surface area contributed by atoms with Gasteiger partial charge in [-0.05, 0) is 43.5 Å². The van der Waals surface area contributed by atoms with Gasteiger partial charge in [-0.2, -0.15) is 0 Å². The van der Waals surface area contributed by atoms with Crippen LogP contribution in [0.3, 0.4) is 0 Å². The van der Waals surface area contributed by atoms with Crippen LogP contribution in [0.1, 0.15) is 40.0 Å². The Balaban J connectivity index is 1.67. The van der Waals surface area contributed by atoms with Gasteiger partial charge in [-0.3, -0.25) is 4.79 Å². The van der Waals surface area contributed by atoms with E-state index in [1.165, 1.54) is 12.4 Å². The van der Waals surface area contributed by atoms with Gasteiger partial charge in [0.15, 0.2) is 0 Å². The van der Waals surface area contributed by atoms with Crippen molar-refractivity contribution in [2.24, 2.45) is 0 Å². The van der Waals surface area contributed by atoms with Crippen LogP contribution in [0.5, 0.6) is 0 Å². The fourth-order valence-electron chi connectivity index (χ4n) is 2.62. The van der Waals surface area contributed by atoms with Gasteiger partial charge in [-0.25, -0.2) is 9.97 Å². The molecule has 0 aliphatic rings. The van der Waals surface area contributed by atoms with E-state index in [9.17, 15) is 4.79 Å². The van der Waals surface area contributed by atoms with Crippen molar-refractivity contribution in [1.29, 1.82) is 0 Å². The van der Waals surface area contributed by atoms with Gasteiger partial charge in [0.2, 0.25) is 5.95 Å². The molecule has 0 aliphatic carbocycles. The minimum Gasteiger partial charge on any atom is -0.348 e. The zero-order valence-corrected chi connectivity index (χ0v) is 15.2. The van der Waals surface area contributed by atoms with Crippen molar-refractivity contribution in [2.45, 2.75) is 26.8 Å². The first-order valence-corrected chi connectivity index (χ1v) is 8.55. The molecule has 1 amide bonds. The molecule has 0 spiro atoms. The molecule has 0 fully saturated rings. The molecule has 5 nitrogen and oxygen atoms in total. The highest BCUT2D eigenvalue weighted by Crippen LogP contribution is 2.19. The van der Waals surface area contributed by atoms with Gasteiger partial charge in [0, 0.05) is 18.1 Å². The Morgan fingerprint density at radius 3 is 2.35 bits per heavy atom. The van der Waals surface area contributed by atoms with Gasteiger partial charge in [0.25, 0.3) is 5.91 Å². The Labute approximate surface area is 153 Å². The molecule has 0 saturated heterocycles. The first kappa shape index (κ1) is 17.6. The van der Waals surface area contributed by atoms with Crippen LogP contribution in [0.2, 0.25) is 0 Å². The average molecular weight is 346 g/mol. The summed E-state index contributed by atoms with van der Waals surface area (Å²) in [7, 11) is 0.